The lowest BCUT2D eigenvalue weighted by molar-refractivity contribution is -0.124. The molecule has 2 unspecified atom stereocenters. The molecule has 0 aliphatic carbocycles. The first kappa shape index (κ1) is 12.4. The number of hydrogen-bond acceptors (Lipinski definition) is 4. The molecule has 1 amide bonds. The highest BCUT2D eigenvalue weighted by Gasteiger charge is 2.34. The van der Waals surface area contributed by atoms with Crippen LogP contribution in [0.1, 0.15) is 25.0 Å². The number of anilines is 1. The highest BCUT2D eigenvalue weighted by Crippen LogP contribution is 2.27. The van der Waals surface area contributed by atoms with Crippen molar-refractivity contribution >= 4 is 11.7 Å². The molecule has 0 bridgehead atoms. The van der Waals surface area contributed by atoms with Crippen molar-refractivity contribution in [2.75, 3.05) is 18.0 Å². The molecule has 2 saturated heterocycles. The van der Waals surface area contributed by atoms with Crippen LogP contribution in [-0.2, 0) is 11.3 Å². The number of aromatic nitrogens is 1. The number of pyridine rings is 1. The van der Waals surface area contributed by atoms with E-state index < -0.39 is 0 Å². The van der Waals surface area contributed by atoms with Crippen LogP contribution in [0, 0.1) is 5.92 Å². The van der Waals surface area contributed by atoms with Crippen LogP contribution in [0.5, 0.6) is 0 Å². The maximum absolute atomic E-state index is 11.4. The largest absolute Gasteiger partial charge is 0.356 e. The van der Waals surface area contributed by atoms with Gasteiger partial charge in [-0.3, -0.25) is 4.79 Å². The molecule has 3 N–H and O–H groups in total. The molecule has 1 aromatic heterocycles. The van der Waals surface area contributed by atoms with Gasteiger partial charge in [0.05, 0.1) is 5.69 Å². The molecule has 2 aliphatic heterocycles. The maximum Gasteiger partial charge on any atom is 0.220 e. The lowest BCUT2D eigenvalue weighted by atomic mass is 9.85. The Labute approximate surface area is 113 Å². The van der Waals surface area contributed by atoms with Gasteiger partial charge in [-0.2, -0.15) is 0 Å². The van der Waals surface area contributed by atoms with Gasteiger partial charge in [0.2, 0.25) is 5.91 Å². The molecule has 0 aromatic carbocycles. The molecule has 2 atom stereocenters. The number of carbonyl (C=O) groups excluding carboxylic acids is 1. The summed E-state index contributed by atoms with van der Waals surface area (Å²) in [5.41, 5.74) is 6.57. The summed E-state index contributed by atoms with van der Waals surface area (Å²) in [7, 11) is 0. The summed E-state index contributed by atoms with van der Waals surface area (Å²) in [6.45, 7) is 2.40. The van der Waals surface area contributed by atoms with E-state index in [9.17, 15) is 4.79 Å². The molecule has 2 aliphatic rings. The minimum absolute atomic E-state index is 0.206. The minimum Gasteiger partial charge on any atom is -0.356 e. The summed E-state index contributed by atoms with van der Waals surface area (Å²) >= 11 is 0. The molecule has 5 heteroatoms. The number of nitrogens with zero attached hydrogens (tertiary/aromatic N) is 2. The lowest BCUT2D eigenvalue weighted by Gasteiger charge is -2.41. The van der Waals surface area contributed by atoms with Crippen LogP contribution in [0.25, 0.3) is 0 Å². The summed E-state index contributed by atoms with van der Waals surface area (Å²) in [6, 6.07) is 6.37. The fourth-order valence-electron chi connectivity index (χ4n) is 3.07. The van der Waals surface area contributed by atoms with E-state index in [1.807, 2.05) is 18.2 Å². The lowest BCUT2D eigenvalue weighted by Crippen LogP contribution is -2.54. The quantitative estimate of drug-likeness (QED) is 0.819. The third kappa shape index (κ3) is 2.56. The summed E-state index contributed by atoms with van der Waals surface area (Å²) < 4.78 is 0. The Hall–Kier alpha value is -1.62. The van der Waals surface area contributed by atoms with Crippen LogP contribution in [0.2, 0.25) is 0 Å². The van der Waals surface area contributed by atoms with Crippen LogP contribution in [0.15, 0.2) is 18.2 Å². The first-order valence-electron chi connectivity index (χ1n) is 6.96. The van der Waals surface area contributed by atoms with E-state index >= 15 is 0 Å². The van der Waals surface area contributed by atoms with Gasteiger partial charge in [-0.1, -0.05) is 6.07 Å². The van der Waals surface area contributed by atoms with E-state index in [0.717, 1.165) is 37.4 Å². The Bertz CT molecular complexity index is 476. The molecule has 3 rings (SSSR count). The normalized spacial score (nSPS) is 26.8. The number of rotatable bonds is 2. The SMILES string of the molecule is NCc1cccc(N2CCC3NC(=O)CCC3C2)n1. The van der Waals surface area contributed by atoms with Gasteiger partial charge in [0.15, 0.2) is 0 Å². The van der Waals surface area contributed by atoms with Crippen molar-refractivity contribution in [3.63, 3.8) is 0 Å². The molecule has 0 radical (unpaired) electrons. The first-order chi connectivity index (χ1) is 9.26. The topological polar surface area (TPSA) is 71.2 Å². The van der Waals surface area contributed by atoms with Gasteiger partial charge in [-0.25, -0.2) is 4.98 Å². The summed E-state index contributed by atoms with van der Waals surface area (Å²) in [5, 5.41) is 3.11. The Morgan fingerprint density at radius 3 is 3.16 bits per heavy atom. The molecule has 19 heavy (non-hydrogen) atoms. The van der Waals surface area contributed by atoms with Crippen molar-refractivity contribution in [2.24, 2.45) is 11.7 Å². The molecular formula is C14H20N4O. The third-order valence-electron chi connectivity index (χ3n) is 4.15. The molecule has 1 aromatic rings. The second-order valence-electron chi connectivity index (χ2n) is 5.40. The van der Waals surface area contributed by atoms with E-state index in [0.29, 0.717) is 24.9 Å². The van der Waals surface area contributed by atoms with Gasteiger partial charge in [0.25, 0.3) is 0 Å². The number of nitrogens with one attached hydrogen (secondary N) is 1. The van der Waals surface area contributed by atoms with Crippen molar-refractivity contribution in [1.82, 2.24) is 10.3 Å². The van der Waals surface area contributed by atoms with E-state index in [2.05, 4.69) is 15.2 Å². The number of hydrogen-bond donors (Lipinski definition) is 2. The van der Waals surface area contributed by atoms with Crippen molar-refractivity contribution < 1.29 is 4.79 Å². The zero-order valence-corrected chi connectivity index (χ0v) is 11.0. The summed E-state index contributed by atoms with van der Waals surface area (Å²) in [5.74, 6) is 1.77. The molecule has 102 valence electrons. The predicted octanol–water partition coefficient (Wildman–Crippen LogP) is 0.645. The highest BCUT2D eigenvalue weighted by atomic mass is 16.1. The molecule has 2 fully saturated rings. The van der Waals surface area contributed by atoms with E-state index in [4.69, 9.17) is 5.73 Å². The van der Waals surface area contributed by atoms with Crippen LogP contribution >= 0.6 is 0 Å². The Morgan fingerprint density at radius 1 is 1.42 bits per heavy atom. The second kappa shape index (κ2) is 5.17. The maximum atomic E-state index is 11.4. The highest BCUT2D eigenvalue weighted by molar-refractivity contribution is 5.77. The van der Waals surface area contributed by atoms with Crippen molar-refractivity contribution in [3.8, 4) is 0 Å². The van der Waals surface area contributed by atoms with Gasteiger partial charge >= 0.3 is 0 Å². The van der Waals surface area contributed by atoms with Crippen LogP contribution in [0.4, 0.5) is 5.82 Å². The zero-order valence-electron chi connectivity index (χ0n) is 11.0. The third-order valence-corrected chi connectivity index (χ3v) is 4.15. The fraction of sp³-hybridized carbons (Fsp3) is 0.571. The molecule has 0 saturated carbocycles. The van der Waals surface area contributed by atoms with Crippen molar-refractivity contribution in [2.45, 2.75) is 31.8 Å². The van der Waals surface area contributed by atoms with Crippen molar-refractivity contribution in [1.29, 1.82) is 0 Å². The number of carbonyl (C=O) groups is 1. The smallest absolute Gasteiger partial charge is 0.220 e. The monoisotopic (exact) mass is 260 g/mol. The van der Waals surface area contributed by atoms with Crippen molar-refractivity contribution in [3.05, 3.63) is 23.9 Å². The first-order valence-corrected chi connectivity index (χ1v) is 6.96. The Morgan fingerprint density at radius 2 is 2.32 bits per heavy atom. The number of amides is 1. The number of piperidine rings is 2. The van der Waals surface area contributed by atoms with Crippen LogP contribution < -0.4 is 16.0 Å². The minimum atomic E-state index is 0.206. The van der Waals surface area contributed by atoms with E-state index in [1.54, 1.807) is 0 Å². The second-order valence-corrected chi connectivity index (χ2v) is 5.40. The molecule has 5 nitrogen and oxygen atoms in total. The van der Waals surface area contributed by atoms with Gasteiger partial charge in [0.1, 0.15) is 5.82 Å². The summed E-state index contributed by atoms with van der Waals surface area (Å²) in [6.07, 6.45) is 2.65. The number of nitrogens with two attached hydrogens (primary N) is 1. The van der Waals surface area contributed by atoms with Gasteiger partial charge in [0, 0.05) is 32.1 Å². The fourth-order valence-corrected chi connectivity index (χ4v) is 3.07. The number of fused-ring (bicyclic) bond motifs is 1. The van der Waals surface area contributed by atoms with Gasteiger partial charge in [-0.15, -0.1) is 0 Å². The van der Waals surface area contributed by atoms with Crippen LogP contribution in [-0.4, -0.2) is 30.0 Å². The average molecular weight is 260 g/mol. The molecule has 3 heterocycles. The molecule has 0 spiro atoms. The predicted molar refractivity (Wildman–Crippen MR) is 73.6 cm³/mol. The van der Waals surface area contributed by atoms with E-state index in [1.165, 1.54) is 0 Å². The van der Waals surface area contributed by atoms with Gasteiger partial charge in [-0.05, 0) is 30.9 Å². The molecular weight excluding hydrogens is 240 g/mol. The van der Waals surface area contributed by atoms with Crippen LogP contribution in [0.3, 0.4) is 0 Å². The Kier molecular flexibility index (Phi) is 3.38. The summed E-state index contributed by atoms with van der Waals surface area (Å²) in [4.78, 5) is 18.3. The zero-order chi connectivity index (χ0) is 13.2. The van der Waals surface area contributed by atoms with E-state index in [-0.39, 0.29) is 5.91 Å². The van der Waals surface area contributed by atoms with Gasteiger partial charge < -0.3 is 16.0 Å². The standard InChI is InChI=1S/C14H20N4O/c15-8-11-2-1-3-13(16-11)18-7-6-12-10(9-18)4-5-14(19)17-12/h1-3,10,12H,4-9,15H2,(H,17,19). The average Bonchev–Trinajstić information content (AvgIpc) is 2.46. The Balaban J connectivity index is 1.72.